The van der Waals surface area contributed by atoms with Crippen LogP contribution in [-0.4, -0.2) is 56.1 Å². The molecule has 1 aliphatic rings. The van der Waals surface area contributed by atoms with Crippen molar-refractivity contribution in [2.75, 3.05) is 34.5 Å². The smallest absolute Gasteiger partial charge is 0.256 e. The topological polar surface area (TPSA) is 59.1 Å². The van der Waals surface area contributed by atoms with Crippen LogP contribution in [0.1, 0.15) is 15.9 Å². The van der Waals surface area contributed by atoms with Gasteiger partial charge in [-0.05, 0) is 19.1 Å². The van der Waals surface area contributed by atoms with Gasteiger partial charge in [0.15, 0.2) is 0 Å². The predicted octanol–water partition coefficient (Wildman–Crippen LogP) is 0.884. The highest BCUT2D eigenvalue weighted by Crippen LogP contribution is 2.30. The van der Waals surface area contributed by atoms with Crippen molar-refractivity contribution in [3.63, 3.8) is 0 Å². The molecule has 2 amide bonds. The molecular formula is C14H18N2O4. The molecule has 6 nitrogen and oxygen atoms in total. The molecule has 0 spiro atoms. The molecule has 0 bridgehead atoms. The van der Waals surface area contributed by atoms with E-state index >= 15 is 0 Å². The van der Waals surface area contributed by atoms with Gasteiger partial charge in [0.25, 0.3) is 5.91 Å². The van der Waals surface area contributed by atoms with E-state index in [0.29, 0.717) is 23.7 Å². The van der Waals surface area contributed by atoms with Gasteiger partial charge >= 0.3 is 0 Å². The minimum absolute atomic E-state index is 0.0654. The Kier molecular flexibility index (Phi) is 3.83. The lowest BCUT2D eigenvalue weighted by molar-refractivity contribution is -0.125. The fraction of sp³-hybridized carbons (Fsp3) is 0.429. The molecule has 1 fully saturated rings. The molecule has 0 N–H and O–H groups in total. The molecule has 0 unspecified atom stereocenters. The molecule has 1 aromatic rings. The van der Waals surface area contributed by atoms with E-state index < -0.39 is 0 Å². The summed E-state index contributed by atoms with van der Waals surface area (Å²) >= 11 is 0. The first kappa shape index (κ1) is 14.2. The number of ether oxygens (including phenoxy) is 2. The zero-order valence-corrected chi connectivity index (χ0v) is 12.1. The van der Waals surface area contributed by atoms with Crippen LogP contribution in [0, 0.1) is 6.92 Å². The maximum atomic E-state index is 12.4. The lowest BCUT2D eigenvalue weighted by atomic mass is 10.1. The second kappa shape index (κ2) is 5.40. The Bertz CT molecular complexity index is 531. The minimum atomic E-state index is -0.209. The number of amides is 2. The van der Waals surface area contributed by atoms with Crippen LogP contribution < -0.4 is 9.47 Å². The Morgan fingerprint density at radius 2 is 1.75 bits per heavy atom. The number of hydrogen-bond donors (Lipinski definition) is 0. The first-order chi connectivity index (χ1) is 9.47. The van der Waals surface area contributed by atoms with Crippen molar-refractivity contribution in [1.29, 1.82) is 0 Å². The molecule has 0 atom stereocenters. The third-order valence-corrected chi connectivity index (χ3v) is 3.42. The summed E-state index contributed by atoms with van der Waals surface area (Å²) in [4.78, 5) is 26.9. The normalized spacial score (nSPS) is 14.7. The van der Waals surface area contributed by atoms with Gasteiger partial charge in [0.2, 0.25) is 5.91 Å². The molecule has 108 valence electrons. The summed E-state index contributed by atoms with van der Waals surface area (Å²) < 4.78 is 10.5. The van der Waals surface area contributed by atoms with E-state index in [4.69, 9.17) is 9.47 Å². The predicted molar refractivity (Wildman–Crippen MR) is 73.0 cm³/mol. The second-order valence-corrected chi connectivity index (χ2v) is 4.74. The zero-order valence-electron chi connectivity index (χ0n) is 12.1. The third-order valence-electron chi connectivity index (χ3n) is 3.42. The molecule has 1 aromatic carbocycles. The number of methoxy groups -OCH3 is 2. The number of carbonyl (C=O) groups excluding carboxylic acids is 2. The molecule has 0 aliphatic carbocycles. The molecular weight excluding hydrogens is 260 g/mol. The van der Waals surface area contributed by atoms with E-state index in [-0.39, 0.29) is 18.4 Å². The average Bonchev–Trinajstić information content (AvgIpc) is 2.78. The molecule has 1 heterocycles. The van der Waals surface area contributed by atoms with Gasteiger partial charge < -0.3 is 19.3 Å². The van der Waals surface area contributed by atoms with Gasteiger partial charge in [-0.25, -0.2) is 0 Å². The van der Waals surface area contributed by atoms with Gasteiger partial charge in [0.05, 0.1) is 20.9 Å². The van der Waals surface area contributed by atoms with Crippen molar-refractivity contribution in [2.24, 2.45) is 0 Å². The molecule has 0 aromatic heterocycles. The van der Waals surface area contributed by atoms with Gasteiger partial charge in [-0.2, -0.15) is 0 Å². The summed E-state index contributed by atoms with van der Waals surface area (Å²) in [6.45, 7) is 2.27. The summed E-state index contributed by atoms with van der Waals surface area (Å²) in [5.74, 6) is 0.904. The highest BCUT2D eigenvalue weighted by Gasteiger charge is 2.29. The average molecular weight is 278 g/mol. The van der Waals surface area contributed by atoms with Crippen LogP contribution in [0.25, 0.3) is 0 Å². The summed E-state index contributed by atoms with van der Waals surface area (Å²) in [6.07, 6.45) is 0. The van der Waals surface area contributed by atoms with Crippen molar-refractivity contribution >= 4 is 11.8 Å². The Labute approximate surface area is 117 Å². The Morgan fingerprint density at radius 3 is 2.15 bits per heavy atom. The van der Waals surface area contributed by atoms with Gasteiger partial charge in [-0.1, -0.05) is 0 Å². The zero-order chi connectivity index (χ0) is 14.9. The fourth-order valence-electron chi connectivity index (χ4n) is 2.20. The first-order valence-corrected chi connectivity index (χ1v) is 6.23. The largest absolute Gasteiger partial charge is 0.496 e. The van der Waals surface area contributed by atoms with Crippen LogP contribution in [0.3, 0.4) is 0 Å². The van der Waals surface area contributed by atoms with Crippen molar-refractivity contribution in [3.8, 4) is 11.5 Å². The lowest BCUT2D eigenvalue weighted by Crippen LogP contribution is -2.30. The highest BCUT2D eigenvalue weighted by atomic mass is 16.5. The maximum Gasteiger partial charge on any atom is 0.256 e. The first-order valence-electron chi connectivity index (χ1n) is 6.23. The third kappa shape index (κ3) is 2.41. The SMILES string of the molecule is COc1cc(C(=O)N2CC(=O)N(C)C2)cc(OC)c1C. The number of rotatable bonds is 3. The van der Waals surface area contributed by atoms with Gasteiger partial charge in [-0.3, -0.25) is 9.59 Å². The molecule has 6 heteroatoms. The highest BCUT2D eigenvalue weighted by molar-refractivity contribution is 5.98. The van der Waals surface area contributed by atoms with E-state index in [2.05, 4.69) is 0 Å². The number of benzene rings is 1. The van der Waals surface area contributed by atoms with Crippen molar-refractivity contribution < 1.29 is 19.1 Å². The van der Waals surface area contributed by atoms with E-state index in [1.165, 1.54) is 9.80 Å². The number of carbonyl (C=O) groups is 2. The molecule has 0 radical (unpaired) electrons. The number of hydrogen-bond acceptors (Lipinski definition) is 4. The molecule has 0 saturated carbocycles. The Morgan fingerprint density at radius 1 is 1.20 bits per heavy atom. The van der Waals surface area contributed by atoms with Crippen molar-refractivity contribution in [2.45, 2.75) is 6.92 Å². The Hall–Kier alpha value is -2.24. The summed E-state index contributed by atoms with van der Waals surface area (Å²) in [7, 11) is 4.76. The van der Waals surface area contributed by atoms with Crippen LogP contribution in [-0.2, 0) is 4.79 Å². The fourth-order valence-corrected chi connectivity index (χ4v) is 2.20. The summed E-state index contributed by atoms with van der Waals surface area (Å²) in [6, 6.07) is 3.34. The van der Waals surface area contributed by atoms with Crippen LogP contribution in [0.4, 0.5) is 0 Å². The Balaban J connectivity index is 2.33. The maximum absolute atomic E-state index is 12.4. The van der Waals surface area contributed by atoms with Crippen LogP contribution >= 0.6 is 0 Å². The van der Waals surface area contributed by atoms with Gasteiger partial charge in [-0.15, -0.1) is 0 Å². The summed E-state index contributed by atoms with van der Waals surface area (Å²) in [5, 5.41) is 0. The number of likely N-dealkylation sites (N-methyl/N-ethyl adjacent to an activating group) is 1. The van der Waals surface area contributed by atoms with Crippen LogP contribution in [0.2, 0.25) is 0 Å². The molecule has 20 heavy (non-hydrogen) atoms. The number of nitrogens with zero attached hydrogens (tertiary/aromatic N) is 2. The molecule has 1 aliphatic heterocycles. The van der Waals surface area contributed by atoms with Gasteiger partial charge in [0, 0.05) is 18.2 Å². The lowest BCUT2D eigenvalue weighted by Gasteiger charge is -2.17. The summed E-state index contributed by atoms with van der Waals surface area (Å²) in [5.41, 5.74) is 1.29. The molecule has 1 saturated heterocycles. The quantitative estimate of drug-likeness (QED) is 0.823. The minimum Gasteiger partial charge on any atom is -0.496 e. The van der Waals surface area contributed by atoms with E-state index in [1.807, 2.05) is 6.92 Å². The van der Waals surface area contributed by atoms with Crippen molar-refractivity contribution in [3.05, 3.63) is 23.3 Å². The van der Waals surface area contributed by atoms with E-state index in [0.717, 1.165) is 5.56 Å². The van der Waals surface area contributed by atoms with Crippen LogP contribution in [0.5, 0.6) is 11.5 Å². The van der Waals surface area contributed by atoms with E-state index in [1.54, 1.807) is 33.4 Å². The van der Waals surface area contributed by atoms with Gasteiger partial charge in [0.1, 0.15) is 18.0 Å². The second-order valence-electron chi connectivity index (χ2n) is 4.74. The molecule has 2 rings (SSSR count). The van der Waals surface area contributed by atoms with Crippen LogP contribution in [0.15, 0.2) is 12.1 Å². The standard InChI is InChI=1S/C14H18N2O4/c1-9-11(19-3)5-10(6-12(9)20-4)14(18)16-7-13(17)15(2)8-16/h5-6H,7-8H2,1-4H3. The monoisotopic (exact) mass is 278 g/mol. The van der Waals surface area contributed by atoms with Crippen molar-refractivity contribution in [1.82, 2.24) is 9.80 Å². The van der Waals surface area contributed by atoms with E-state index in [9.17, 15) is 9.59 Å².